The third kappa shape index (κ3) is 3.91. The zero-order valence-electron chi connectivity index (χ0n) is 11.2. The maximum Gasteiger partial charge on any atom is 0.254 e. The van der Waals surface area contributed by atoms with Crippen molar-refractivity contribution < 1.29 is 4.79 Å². The molecule has 1 fully saturated rings. The molecule has 0 aromatic carbocycles. The summed E-state index contributed by atoms with van der Waals surface area (Å²) in [6.07, 6.45) is 6.29. The molecule has 1 aliphatic heterocycles. The first kappa shape index (κ1) is 14.3. The van der Waals surface area contributed by atoms with E-state index in [1.807, 2.05) is 0 Å². The Hall–Kier alpha value is -1.13. The van der Waals surface area contributed by atoms with Gasteiger partial charge in [0, 0.05) is 31.5 Å². The van der Waals surface area contributed by atoms with Gasteiger partial charge in [-0.25, -0.2) is 0 Å². The van der Waals surface area contributed by atoms with Gasteiger partial charge in [-0.05, 0) is 31.9 Å². The van der Waals surface area contributed by atoms with Crippen LogP contribution >= 0.6 is 11.6 Å². The average molecular weight is 282 g/mol. The van der Waals surface area contributed by atoms with E-state index < -0.39 is 0 Å². The molecule has 4 nitrogen and oxygen atoms in total. The first-order valence-corrected chi connectivity index (χ1v) is 7.21. The van der Waals surface area contributed by atoms with Gasteiger partial charge in [0.1, 0.15) is 0 Å². The van der Waals surface area contributed by atoms with Crippen molar-refractivity contribution in [2.45, 2.75) is 32.2 Å². The van der Waals surface area contributed by atoms with Crippen molar-refractivity contribution in [1.82, 2.24) is 15.2 Å². The molecular formula is C14H20ClN3O. The summed E-state index contributed by atoms with van der Waals surface area (Å²) in [7, 11) is 0. The molecule has 1 amide bonds. The van der Waals surface area contributed by atoms with E-state index in [9.17, 15) is 4.79 Å². The smallest absolute Gasteiger partial charge is 0.254 e. The summed E-state index contributed by atoms with van der Waals surface area (Å²) < 4.78 is 0. The van der Waals surface area contributed by atoms with Crippen molar-refractivity contribution in [1.29, 1.82) is 0 Å². The Morgan fingerprint density at radius 3 is 2.89 bits per heavy atom. The number of carbonyl (C=O) groups is 1. The van der Waals surface area contributed by atoms with Gasteiger partial charge in [0.05, 0.1) is 10.6 Å². The van der Waals surface area contributed by atoms with Crippen LogP contribution in [-0.2, 0) is 0 Å². The summed E-state index contributed by atoms with van der Waals surface area (Å²) in [6, 6.07) is 1.89. The van der Waals surface area contributed by atoms with Crippen LogP contribution in [0.4, 0.5) is 0 Å². The topological polar surface area (TPSA) is 45.2 Å². The molecule has 0 spiro atoms. The molecule has 104 valence electrons. The van der Waals surface area contributed by atoms with E-state index in [1.54, 1.807) is 12.3 Å². The lowest BCUT2D eigenvalue weighted by molar-refractivity contribution is 0.0911. The molecule has 1 N–H and O–H groups in total. The molecule has 0 bridgehead atoms. The molecule has 0 atom stereocenters. The van der Waals surface area contributed by atoms with Crippen LogP contribution in [0, 0.1) is 0 Å². The fourth-order valence-corrected chi connectivity index (χ4v) is 2.62. The highest BCUT2D eigenvalue weighted by molar-refractivity contribution is 6.33. The van der Waals surface area contributed by atoms with Gasteiger partial charge in [0.25, 0.3) is 5.91 Å². The van der Waals surface area contributed by atoms with Crippen LogP contribution in [0.1, 0.15) is 36.5 Å². The SMILES string of the molecule is CCCN1CCC(NC(=O)c2cnccc2Cl)CC1. The maximum atomic E-state index is 12.1. The lowest BCUT2D eigenvalue weighted by Crippen LogP contribution is -2.44. The van der Waals surface area contributed by atoms with Crippen LogP contribution in [0.3, 0.4) is 0 Å². The summed E-state index contributed by atoms with van der Waals surface area (Å²) in [6.45, 7) is 5.45. The first-order chi connectivity index (χ1) is 9.20. The van der Waals surface area contributed by atoms with Crippen molar-refractivity contribution in [2.75, 3.05) is 19.6 Å². The fourth-order valence-electron chi connectivity index (χ4n) is 2.42. The molecule has 0 aliphatic carbocycles. The van der Waals surface area contributed by atoms with Crippen LogP contribution in [0.5, 0.6) is 0 Å². The number of pyridine rings is 1. The second kappa shape index (κ2) is 6.87. The molecule has 1 aliphatic rings. The van der Waals surface area contributed by atoms with Gasteiger partial charge in [-0.2, -0.15) is 0 Å². The number of likely N-dealkylation sites (tertiary alicyclic amines) is 1. The van der Waals surface area contributed by atoms with Crippen LogP contribution < -0.4 is 5.32 Å². The molecule has 19 heavy (non-hydrogen) atoms. The normalized spacial score (nSPS) is 17.4. The number of nitrogens with one attached hydrogen (secondary N) is 1. The summed E-state index contributed by atoms with van der Waals surface area (Å²) in [5.41, 5.74) is 0.458. The number of hydrogen-bond donors (Lipinski definition) is 1. The molecular weight excluding hydrogens is 262 g/mol. The van der Waals surface area contributed by atoms with E-state index in [0.29, 0.717) is 10.6 Å². The molecule has 2 heterocycles. The molecule has 0 unspecified atom stereocenters. The van der Waals surface area contributed by atoms with Crippen molar-refractivity contribution in [3.05, 3.63) is 29.0 Å². The zero-order valence-corrected chi connectivity index (χ0v) is 12.0. The number of carbonyl (C=O) groups excluding carboxylic acids is 1. The van der Waals surface area contributed by atoms with E-state index >= 15 is 0 Å². The van der Waals surface area contributed by atoms with Crippen molar-refractivity contribution in [3.8, 4) is 0 Å². The summed E-state index contributed by atoms with van der Waals surface area (Å²) in [5.74, 6) is -0.118. The predicted molar refractivity (Wildman–Crippen MR) is 76.5 cm³/mol. The van der Waals surface area contributed by atoms with Gasteiger partial charge in [-0.3, -0.25) is 9.78 Å². The predicted octanol–water partition coefficient (Wildman–Crippen LogP) is 2.34. The number of hydrogen-bond acceptors (Lipinski definition) is 3. The molecule has 1 aromatic heterocycles. The van der Waals surface area contributed by atoms with Crippen LogP contribution in [0.15, 0.2) is 18.5 Å². The number of amides is 1. The number of aromatic nitrogens is 1. The average Bonchev–Trinajstić information content (AvgIpc) is 2.42. The molecule has 2 rings (SSSR count). The Labute approximate surface area is 119 Å². The van der Waals surface area contributed by atoms with Gasteiger partial charge in [0.2, 0.25) is 0 Å². The Morgan fingerprint density at radius 2 is 2.26 bits per heavy atom. The number of halogens is 1. The zero-order chi connectivity index (χ0) is 13.7. The summed E-state index contributed by atoms with van der Waals surface area (Å²) in [4.78, 5) is 18.5. The Balaban J connectivity index is 1.86. The van der Waals surface area contributed by atoms with Gasteiger partial charge >= 0.3 is 0 Å². The standard InChI is InChI=1S/C14H20ClN3O/c1-2-7-18-8-4-11(5-9-18)17-14(19)12-10-16-6-3-13(12)15/h3,6,10-11H,2,4-5,7-9H2,1H3,(H,17,19). The largest absolute Gasteiger partial charge is 0.349 e. The van der Waals surface area contributed by atoms with Gasteiger partial charge < -0.3 is 10.2 Å². The number of nitrogens with zero attached hydrogens (tertiary/aromatic N) is 2. The molecule has 5 heteroatoms. The first-order valence-electron chi connectivity index (χ1n) is 6.83. The second-order valence-corrected chi connectivity index (χ2v) is 5.35. The Bertz CT molecular complexity index is 430. The molecule has 0 saturated carbocycles. The van der Waals surface area contributed by atoms with Crippen molar-refractivity contribution in [2.24, 2.45) is 0 Å². The second-order valence-electron chi connectivity index (χ2n) is 4.94. The fraction of sp³-hybridized carbons (Fsp3) is 0.571. The van der Waals surface area contributed by atoms with Gasteiger partial charge in [-0.15, -0.1) is 0 Å². The summed E-state index contributed by atoms with van der Waals surface area (Å²) in [5, 5.41) is 3.50. The lowest BCUT2D eigenvalue weighted by atomic mass is 10.0. The van der Waals surface area contributed by atoms with Gasteiger partial charge in [-0.1, -0.05) is 18.5 Å². The van der Waals surface area contributed by atoms with E-state index in [2.05, 4.69) is 22.1 Å². The highest BCUT2D eigenvalue weighted by atomic mass is 35.5. The molecule has 1 saturated heterocycles. The summed E-state index contributed by atoms with van der Waals surface area (Å²) >= 11 is 5.99. The number of rotatable bonds is 4. The minimum Gasteiger partial charge on any atom is -0.349 e. The highest BCUT2D eigenvalue weighted by Crippen LogP contribution is 2.15. The van der Waals surface area contributed by atoms with E-state index in [0.717, 1.165) is 32.5 Å². The highest BCUT2D eigenvalue weighted by Gasteiger charge is 2.21. The minimum absolute atomic E-state index is 0.118. The van der Waals surface area contributed by atoms with E-state index in [-0.39, 0.29) is 11.9 Å². The number of piperidine rings is 1. The van der Waals surface area contributed by atoms with Gasteiger partial charge in [0.15, 0.2) is 0 Å². The maximum absolute atomic E-state index is 12.1. The molecule has 0 radical (unpaired) electrons. The third-order valence-corrected chi connectivity index (χ3v) is 3.80. The quantitative estimate of drug-likeness (QED) is 0.921. The van der Waals surface area contributed by atoms with E-state index in [4.69, 9.17) is 11.6 Å². The van der Waals surface area contributed by atoms with Crippen LogP contribution in [-0.4, -0.2) is 41.5 Å². The third-order valence-electron chi connectivity index (χ3n) is 3.48. The Kier molecular flexibility index (Phi) is 5.16. The minimum atomic E-state index is -0.118. The monoisotopic (exact) mass is 281 g/mol. The van der Waals surface area contributed by atoms with Crippen molar-refractivity contribution >= 4 is 17.5 Å². The van der Waals surface area contributed by atoms with E-state index in [1.165, 1.54) is 12.6 Å². The molecule has 1 aromatic rings. The van der Waals surface area contributed by atoms with Crippen molar-refractivity contribution in [3.63, 3.8) is 0 Å². The van der Waals surface area contributed by atoms with Crippen LogP contribution in [0.25, 0.3) is 0 Å². The lowest BCUT2D eigenvalue weighted by Gasteiger charge is -2.32. The van der Waals surface area contributed by atoms with Crippen LogP contribution in [0.2, 0.25) is 5.02 Å². The Morgan fingerprint density at radius 1 is 1.53 bits per heavy atom.